The summed E-state index contributed by atoms with van der Waals surface area (Å²) < 4.78 is 43.8. The first-order valence-electron chi connectivity index (χ1n) is 11.8. The molecule has 1 N–H and O–H groups in total. The Bertz CT molecular complexity index is 1020. The molecule has 4 aliphatic rings. The molecule has 0 aromatic heterocycles. The fourth-order valence-electron chi connectivity index (χ4n) is 7.63. The molecule has 0 aromatic rings. The van der Waals surface area contributed by atoms with E-state index in [-0.39, 0.29) is 43.6 Å². The van der Waals surface area contributed by atoms with Gasteiger partial charge in [-0.25, -0.2) is 18.4 Å². The smallest absolute Gasteiger partial charge is 0.351 e. The summed E-state index contributed by atoms with van der Waals surface area (Å²) >= 11 is 0. The summed E-state index contributed by atoms with van der Waals surface area (Å²) in [5.41, 5.74) is -6.72. The van der Waals surface area contributed by atoms with E-state index in [0.29, 0.717) is 0 Å². The molecule has 0 aromatic carbocycles. The highest BCUT2D eigenvalue weighted by Gasteiger charge is 2.78. The Balaban J connectivity index is 1.89. The Hall–Kier alpha value is -2.35. The van der Waals surface area contributed by atoms with E-state index in [1.165, 1.54) is 19.1 Å². The molecule has 34 heavy (non-hydrogen) atoms. The van der Waals surface area contributed by atoms with Crippen LogP contribution in [0.2, 0.25) is 0 Å². The third-order valence-corrected chi connectivity index (χ3v) is 9.21. The summed E-state index contributed by atoms with van der Waals surface area (Å²) in [4.78, 5) is 37.8. The van der Waals surface area contributed by atoms with Crippen LogP contribution in [0.5, 0.6) is 0 Å². The minimum atomic E-state index is -2.27. The van der Waals surface area contributed by atoms with Gasteiger partial charge in [0.1, 0.15) is 5.83 Å². The highest BCUT2D eigenvalue weighted by Crippen LogP contribution is 2.71. The van der Waals surface area contributed by atoms with Crippen LogP contribution in [0.25, 0.3) is 0 Å². The molecule has 2 unspecified atom stereocenters. The number of aliphatic hydroxyl groups excluding tert-OH is 1. The summed E-state index contributed by atoms with van der Waals surface area (Å²) in [6.45, 7) is 10.0. The fraction of sp³-hybridized carbons (Fsp3) is 0.654. The molecule has 4 rings (SSSR count). The van der Waals surface area contributed by atoms with E-state index in [1.807, 2.05) is 0 Å². The Kier molecular flexibility index (Phi) is 5.71. The standard InChI is InChI=1S/C26H32F2O6/c1-6-21(31)34-26(22(32)33-7-2)14(3)10-16-17-12-19(27)18-11-15(29)8-9-23(18,4)25(17,28)20(30)13-24(16,26)5/h6,8-9,14,16-17,20,30H,1,7,10-13H2,2-5H3/t14-,16?,17?,20+,23+,24+,25+,26+/m1/s1. The number of alkyl halides is 1. The van der Waals surface area contributed by atoms with Gasteiger partial charge in [0, 0.05) is 41.6 Å². The van der Waals surface area contributed by atoms with Crippen molar-refractivity contribution in [1.29, 1.82) is 0 Å². The molecule has 8 heteroatoms. The van der Waals surface area contributed by atoms with Crippen molar-refractivity contribution in [2.24, 2.45) is 28.6 Å². The molecular weight excluding hydrogens is 446 g/mol. The van der Waals surface area contributed by atoms with E-state index in [4.69, 9.17) is 9.47 Å². The van der Waals surface area contributed by atoms with Crippen LogP contribution in [0.4, 0.5) is 8.78 Å². The van der Waals surface area contributed by atoms with Gasteiger partial charge in [0.2, 0.25) is 5.60 Å². The van der Waals surface area contributed by atoms with Crippen molar-refractivity contribution in [2.45, 2.75) is 70.8 Å². The van der Waals surface area contributed by atoms with Crippen LogP contribution in [-0.2, 0) is 23.9 Å². The first-order chi connectivity index (χ1) is 15.8. The Labute approximate surface area is 198 Å². The third-order valence-electron chi connectivity index (χ3n) is 9.21. The topological polar surface area (TPSA) is 89.9 Å². The van der Waals surface area contributed by atoms with Crippen LogP contribution in [0.15, 0.2) is 36.2 Å². The van der Waals surface area contributed by atoms with Gasteiger partial charge in [-0.1, -0.05) is 26.5 Å². The molecule has 0 radical (unpaired) electrons. The summed E-state index contributed by atoms with van der Waals surface area (Å²) in [5.74, 6) is -4.65. The average Bonchev–Trinajstić information content (AvgIpc) is 2.99. The van der Waals surface area contributed by atoms with Gasteiger partial charge in [-0.3, -0.25) is 4.79 Å². The zero-order valence-electron chi connectivity index (χ0n) is 20.0. The lowest BCUT2D eigenvalue weighted by Crippen LogP contribution is -2.70. The molecule has 4 aliphatic carbocycles. The molecule has 0 heterocycles. The predicted octanol–water partition coefficient (Wildman–Crippen LogP) is 3.93. The van der Waals surface area contributed by atoms with Crippen LogP contribution in [0.1, 0.15) is 53.4 Å². The van der Waals surface area contributed by atoms with E-state index in [1.54, 1.807) is 20.8 Å². The largest absolute Gasteiger partial charge is 0.463 e. The third kappa shape index (κ3) is 2.84. The number of hydrogen-bond donors (Lipinski definition) is 1. The fourth-order valence-corrected chi connectivity index (χ4v) is 7.63. The van der Waals surface area contributed by atoms with E-state index in [2.05, 4.69) is 6.58 Å². The van der Waals surface area contributed by atoms with Crippen molar-refractivity contribution in [3.05, 3.63) is 36.2 Å². The van der Waals surface area contributed by atoms with Gasteiger partial charge in [0.05, 0.1) is 12.7 Å². The average molecular weight is 479 g/mol. The van der Waals surface area contributed by atoms with Crippen molar-refractivity contribution < 1.29 is 37.7 Å². The second-order valence-corrected chi connectivity index (χ2v) is 10.6. The number of fused-ring (bicyclic) bond motifs is 5. The van der Waals surface area contributed by atoms with Crippen molar-refractivity contribution in [3.8, 4) is 0 Å². The monoisotopic (exact) mass is 478 g/mol. The number of carbonyl (C=O) groups excluding carboxylic acids is 3. The SMILES string of the molecule is C=CC(=O)O[C@]1(C(=O)OCC)[C@H](C)CC2C3CC(F)=C4CC(=O)C=C[C@]4(C)[C@@]3(F)[C@@H](O)C[C@@]21C. The second kappa shape index (κ2) is 7.83. The number of rotatable bonds is 4. The maximum atomic E-state index is 17.2. The summed E-state index contributed by atoms with van der Waals surface area (Å²) in [7, 11) is 0. The lowest BCUT2D eigenvalue weighted by atomic mass is 9.45. The number of halogens is 2. The Morgan fingerprint density at radius 1 is 1.32 bits per heavy atom. The number of carbonyl (C=O) groups is 3. The van der Waals surface area contributed by atoms with Gasteiger partial charge >= 0.3 is 11.9 Å². The van der Waals surface area contributed by atoms with E-state index in [9.17, 15) is 19.5 Å². The van der Waals surface area contributed by atoms with Crippen LogP contribution < -0.4 is 0 Å². The lowest BCUT2D eigenvalue weighted by molar-refractivity contribution is -0.233. The van der Waals surface area contributed by atoms with Crippen molar-refractivity contribution in [2.75, 3.05) is 6.61 Å². The first-order valence-corrected chi connectivity index (χ1v) is 11.8. The van der Waals surface area contributed by atoms with Gasteiger partial charge in [-0.15, -0.1) is 0 Å². The molecule has 2 fully saturated rings. The number of hydrogen-bond acceptors (Lipinski definition) is 6. The maximum absolute atomic E-state index is 17.2. The van der Waals surface area contributed by atoms with Gasteiger partial charge in [0.25, 0.3) is 0 Å². The molecule has 0 amide bonds. The molecule has 8 atom stereocenters. The normalized spacial score (nSPS) is 45.2. The molecular formula is C26H32F2O6. The molecule has 0 bridgehead atoms. The zero-order valence-corrected chi connectivity index (χ0v) is 20.0. The van der Waals surface area contributed by atoms with E-state index < -0.39 is 63.7 Å². The van der Waals surface area contributed by atoms with Crippen LogP contribution in [-0.4, -0.2) is 46.8 Å². The van der Waals surface area contributed by atoms with Crippen molar-refractivity contribution in [3.63, 3.8) is 0 Å². The number of aliphatic hydroxyl groups is 1. The molecule has 2 saturated carbocycles. The highest BCUT2D eigenvalue weighted by atomic mass is 19.1. The number of ether oxygens (including phenoxy) is 2. The minimum absolute atomic E-state index is 0.0380. The number of allylic oxidation sites excluding steroid dienone is 4. The number of ketones is 1. The molecule has 6 nitrogen and oxygen atoms in total. The lowest BCUT2D eigenvalue weighted by Gasteiger charge is -2.62. The Morgan fingerprint density at radius 3 is 2.62 bits per heavy atom. The van der Waals surface area contributed by atoms with Crippen molar-refractivity contribution >= 4 is 17.7 Å². The van der Waals surface area contributed by atoms with Gasteiger partial charge in [0.15, 0.2) is 11.5 Å². The maximum Gasteiger partial charge on any atom is 0.351 e. The van der Waals surface area contributed by atoms with Crippen LogP contribution >= 0.6 is 0 Å². The molecule has 0 spiro atoms. The molecule has 186 valence electrons. The molecule has 0 saturated heterocycles. The first kappa shape index (κ1) is 24.8. The van der Waals surface area contributed by atoms with Crippen LogP contribution in [0, 0.1) is 28.6 Å². The number of esters is 2. The van der Waals surface area contributed by atoms with Crippen LogP contribution in [0.3, 0.4) is 0 Å². The van der Waals surface area contributed by atoms with Gasteiger partial charge in [-0.2, -0.15) is 0 Å². The minimum Gasteiger partial charge on any atom is -0.463 e. The second-order valence-electron chi connectivity index (χ2n) is 10.6. The van der Waals surface area contributed by atoms with Gasteiger partial charge < -0.3 is 14.6 Å². The summed E-state index contributed by atoms with van der Waals surface area (Å²) in [5, 5.41) is 11.4. The molecule has 0 aliphatic heterocycles. The summed E-state index contributed by atoms with van der Waals surface area (Å²) in [6, 6.07) is 0. The Morgan fingerprint density at radius 2 is 2.00 bits per heavy atom. The zero-order chi connectivity index (χ0) is 25.3. The van der Waals surface area contributed by atoms with Crippen molar-refractivity contribution in [1.82, 2.24) is 0 Å². The van der Waals surface area contributed by atoms with Gasteiger partial charge in [-0.05, 0) is 44.3 Å². The predicted molar refractivity (Wildman–Crippen MR) is 119 cm³/mol. The van der Waals surface area contributed by atoms with E-state index >= 15 is 8.78 Å². The highest BCUT2D eigenvalue weighted by molar-refractivity contribution is 5.94. The van der Waals surface area contributed by atoms with E-state index in [0.717, 1.165) is 6.08 Å². The quantitative estimate of drug-likeness (QED) is 0.487. The summed E-state index contributed by atoms with van der Waals surface area (Å²) in [6.07, 6.45) is 1.50.